The van der Waals surface area contributed by atoms with Gasteiger partial charge in [0.2, 0.25) is 5.91 Å². The summed E-state index contributed by atoms with van der Waals surface area (Å²) in [4.78, 5) is 34.7. The lowest BCUT2D eigenvalue weighted by Crippen LogP contribution is -2.45. The Morgan fingerprint density at radius 1 is 1.33 bits per heavy atom. The van der Waals surface area contributed by atoms with E-state index < -0.39 is 0 Å². The smallest absolute Gasteiger partial charge is 0.317 e. The Balaban J connectivity index is 1.37. The zero-order chi connectivity index (χ0) is 19.2. The number of nitrogens with one attached hydrogen (secondary N) is 2. The number of aromatic nitrogens is 3. The van der Waals surface area contributed by atoms with E-state index in [1.165, 1.54) is 6.33 Å². The SMILES string of the molecule is CN(C)CCN1C(=O)CC[C@H]1CCNC(=O)N1CCC(c2ncn[nH]2)CC1. The van der Waals surface area contributed by atoms with Gasteiger partial charge in [-0.15, -0.1) is 0 Å². The summed E-state index contributed by atoms with van der Waals surface area (Å²) in [5, 5.41) is 9.86. The number of urea groups is 1. The van der Waals surface area contributed by atoms with Crippen LogP contribution in [0.1, 0.15) is 43.8 Å². The molecule has 1 aromatic rings. The van der Waals surface area contributed by atoms with E-state index in [0.29, 0.717) is 18.9 Å². The zero-order valence-corrected chi connectivity index (χ0v) is 16.4. The number of carbonyl (C=O) groups excluding carboxylic acids is 2. The summed E-state index contributed by atoms with van der Waals surface area (Å²) in [6.07, 6.45) is 5.67. The van der Waals surface area contributed by atoms with E-state index in [4.69, 9.17) is 0 Å². The summed E-state index contributed by atoms with van der Waals surface area (Å²) in [6.45, 7) is 3.70. The molecule has 27 heavy (non-hydrogen) atoms. The van der Waals surface area contributed by atoms with E-state index in [1.807, 2.05) is 23.9 Å². The molecule has 3 amide bonds. The molecular weight excluding hydrogens is 346 g/mol. The van der Waals surface area contributed by atoms with Crippen molar-refractivity contribution in [1.29, 1.82) is 0 Å². The molecule has 2 aliphatic rings. The van der Waals surface area contributed by atoms with Crippen molar-refractivity contribution in [3.63, 3.8) is 0 Å². The lowest BCUT2D eigenvalue weighted by Gasteiger charge is -2.31. The summed E-state index contributed by atoms with van der Waals surface area (Å²) in [5.41, 5.74) is 0. The first-order valence-corrected chi connectivity index (χ1v) is 9.87. The maximum Gasteiger partial charge on any atom is 0.317 e. The third kappa shape index (κ3) is 5.18. The van der Waals surface area contributed by atoms with Gasteiger partial charge >= 0.3 is 6.03 Å². The van der Waals surface area contributed by atoms with Gasteiger partial charge in [-0.05, 0) is 39.8 Å². The molecule has 2 N–H and O–H groups in total. The van der Waals surface area contributed by atoms with Crippen LogP contribution in [0, 0.1) is 0 Å². The molecule has 2 fully saturated rings. The third-order valence-corrected chi connectivity index (χ3v) is 5.60. The fourth-order valence-electron chi connectivity index (χ4n) is 3.93. The molecular formula is C18H31N7O2. The first kappa shape index (κ1) is 19.6. The summed E-state index contributed by atoms with van der Waals surface area (Å²) >= 11 is 0. The van der Waals surface area contributed by atoms with E-state index in [9.17, 15) is 9.59 Å². The van der Waals surface area contributed by atoms with E-state index in [2.05, 4.69) is 25.4 Å². The number of rotatable bonds is 7. The van der Waals surface area contributed by atoms with Crippen LogP contribution < -0.4 is 5.32 Å². The van der Waals surface area contributed by atoms with Crippen LogP contribution in [0.15, 0.2) is 6.33 Å². The van der Waals surface area contributed by atoms with E-state index in [1.54, 1.807) is 0 Å². The monoisotopic (exact) mass is 377 g/mol. The van der Waals surface area contributed by atoms with Gasteiger partial charge in [0.05, 0.1) is 0 Å². The fraction of sp³-hybridized carbons (Fsp3) is 0.778. The second kappa shape index (κ2) is 9.16. The van der Waals surface area contributed by atoms with Crippen LogP contribution in [0.3, 0.4) is 0 Å². The standard InChI is InChI=1S/C18H31N7O2/c1-23(2)11-12-25-15(3-4-16(25)26)5-8-19-18(27)24-9-6-14(7-10-24)17-20-13-21-22-17/h13-15H,3-12H2,1-2H3,(H,19,27)(H,20,21,22)/t15-/m0/s1. The van der Waals surface area contributed by atoms with Crippen molar-refractivity contribution in [3.8, 4) is 0 Å². The highest BCUT2D eigenvalue weighted by Gasteiger charge is 2.30. The number of carbonyl (C=O) groups is 2. The van der Waals surface area contributed by atoms with Crippen LogP contribution in [0.5, 0.6) is 0 Å². The molecule has 9 nitrogen and oxygen atoms in total. The van der Waals surface area contributed by atoms with Crippen LogP contribution in [0.2, 0.25) is 0 Å². The number of likely N-dealkylation sites (N-methyl/N-ethyl adjacent to an activating group) is 1. The van der Waals surface area contributed by atoms with Gasteiger partial charge in [-0.2, -0.15) is 5.10 Å². The van der Waals surface area contributed by atoms with Gasteiger partial charge in [-0.25, -0.2) is 9.78 Å². The lowest BCUT2D eigenvalue weighted by atomic mass is 9.96. The zero-order valence-electron chi connectivity index (χ0n) is 16.4. The number of hydrogen-bond donors (Lipinski definition) is 2. The molecule has 0 bridgehead atoms. The molecule has 1 atom stereocenters. The van der Waals surface area contributed by atoms with E-state index in [-0.39, 0.29) is 18.0 Å². The maximum atomic E-state index is 12.4. The van der Waals surface area contributed by atoms with Gasteiger partial charge < -0.3 is 20.0 Å². The van der Waals surface area contributed by atoms with Gasteiger partial charge in [0.25, 0.3) is 0 Å². The summed E-state index contributed by atoms with van der Waals surface area (Å²) < 4.78 is 0. The molecule has 3 rings (SSSR count). The van der Waals surface area contributed by atoms with Gasteiger partial charge in [0.15, 0.2) is 0 Å². The lowest BCUT2D eigenvalue weighted by molar-refractivity contribution is -0.129. The molecule has 0 aliphatic carbocycles. The molecule has 0 spiro atoms. The highest BCUT2D eigenvalue weighted by atomic mass is 16.2. The Morgan fingerprint density at radius 2 is 2.11 bits per heavy atom. The van der Waals surface area contributed by atoms with Crippen LogP contribution in [0.25, 0.3) is 0 Å². The topological polar surface area (TPSA) is 97.5 Å². The van der Waals surface area contributed by atoms with Crippen LogP contribution in [-0.2, 0) is 4.79 Å². The number of piperidine rings is 1. The van der Waals surface area contributed by atoms with E-state index in [0.717, 1.165) is 57.7 Å². The predicted molar refractivity (Wildman–Crippen MR) is 101 cm³/mol. The Morgan fingerprint density at radius 3 is 2.78 bits per heavy atom. The maximum absolute atomic E-state index is 12.4. The molecule has 0 saturated carbocycles. The molecule has 0 radical (unpaired) electrons. The Bertz CT molecular complexity index is 611. The van der Waals surface area contributed by atoms with Crippen LogP contribution in [-0.4, -0.2) is 94.7 Å². The minimum absolute atomic E-state index is 0.00446. The van der Waals surface area contributed by atoms with Crippen LogP contribution in [0.4, 0.5) is 4.79 Å². The number of aromatic amines is 1. The van der Waals surface area contributed by atoms with Gasteiger partial charge in [-0.3, -0.25) is 9.89 Å². The Kier molecular flexibility index (Phi) is 6.65. The van der Waals surface area contributed by atoms with Crippen molar-refractivity contribution < 1.29 is 9.59 Å². The second-order valence-corrected chi connectivity index (χ2v) is 7.74. The van der Waals surface area contributed by atoms with Crippen molar-refractivity contribution in [2.75, 3.05) is 46.8 Å². The summed E-state index contributed by atoms with van der Waals surface area (Å²) in [6, 6.07) is 0.241. The van der Waals surface area contributed by atoms with Crippen molar-refractivity contribution in [2.24, 2.45) is 0 Å². The highest BCUT2D eigenvalue weighted by molar-refractivity contribution is 5.78. The number of likely N-dealkylation sites (tertiary alicyclic amines) is 2. The average molecular weight is 377 g/mol. The highest BCUT2D eigenvalue weighted by Crippen LogP contribution is 2.25. The summed E-state index contributed by atoms with van der Waals surface area (Å²) in [7, 11) is 4.03. The third-order valence-electron chi connectivity index (χ3n) is 5.60. The average Bonchev–Trinajstić information content (AvgIpc) is 3.30. The molecule has 2 aliphatic heterocycles. The number of hydrogen-bond acceptors (Lipinski definition) is 5. The predicted octanol–water partition coefficient (Wildman–Crippen LogP) is 0.636. The van der Waals surface area contributed by atoms with Crippen molar-refractivity contribution in [1.82, 2.24) is 35.2 Å². The van der Waals surface area contributed by atoms with Crippen molar-refractivity contribution in [2.45, 2.75) is 44.1 Å². The molecule has 0 aromatic carbocycles. The molecule has 0 unspecified atom stereocenters. The number of H-pyrrole nitrogens is 1. The number of amides is 3. The van der Waals surface area contributed by atoms with Gasteiger partial charge in [-0.1, -0.05) is 0 Å². The first-order chi connectivity index (χ1) is 13.0. The van der Waals surface area contributed by atoms with Crippen molar-refractivity contribution >= 4 is 11.9 Å². The van der Waals surface area contributed by atoms with Crippen LogP contribution >= 0.6 is 0 Å². The first-order valence-electron chi connectivity index (χ1n) is 9.87. The van der Waals surface area contributed by atoms with Gasteiger partial charge in [0, 0.05) is 51.1 Å². The Hall–Kier alpha value is -2.16. The van der Waals surface area contributed by atoms with Crippen molar-refractivity contribution in [3.05, 3.63) is 12.2 Å². The fourth-order valence-corrected chi connectivity index (χ4v) is 3.93. The molecule has 9 heteroatoms. The molecule has 3 heterocycles. The largest absolute Gasteiger partial charge is 0.338 e. The van der Waals surface area contributed by atoms with Gasteiger partial charge in [0.1, 0.15) is 12.2 Å². The number of nitrogens with zero attached hydrogens (tertiary/aromatic N) is 5. The minimum atomic E-state index is -0.00446. The Labute approximate surface area is 160 Å². The minimum Gasteiger partial charge on any atom is -0.338 e. The molecule has 150 valence electrons. The van der Waals surface area contributed by atoms with E-state index >= 15 is 0 Å². The summed E-state index contributed by atoms with van der Waals surface area (Å²) in [5.74, 6) is 1.51. The second-order valence-electron chi connectivity index (χ2n) is 7.74. The molecule has 1 aromatic heterocycles. The quantitative estimate of drug-likeness (QED) is 0.727. The normalized spacial score (nSPS) is 21.3. The molecule has 2 saturated heterocycles.